The number of rotatable bonds is 6. The van der Waals surface area contributed by atoms with Crippen LogP contribution in [0, 0.1) is 6.92 Å². The fourth-order valence-corrected chi connectivity index (χ4v) is 7.19. The van der Waals surface area contributed by atoms with Gasteiger partial charge in [-0.25, -0.2) is 18.1 Å². The number of ether oxygens (including phenoxy) is 1. The maximum absolute atomic E-state index is 14.0. The van der Waals surface area contributed by atoms with E-state index in [-0.39, 0.29) is 23.0 Å². The number of pyridine rings is 2. The molecular formula is C30H25ClN4O5S. The number of aryl methyl sites for hydroxylation is 1. The Morgan fingerprint density at radius 1 is 1.20 bits per heavy atom. The zero-order valence-corrected chi connectivity index (χ0v) is 23.6. The molecule has 1 fully saturated rings. The number of fused-ring (bicyclic) bond motifs is 4. The molecule has 0 spiro atoms. The molecule has 2 aromatic carbocycles. The Bertz CT molecular complexity index is 2080. The predicted octanol–water partition coefficient (Wildman–Crippen LogP) is 4.71. The van der Waals surface area contributed by atoms with Crippen LogP contribution in [-0.4, -0.2) is 40.7 Å². The summed E-state index contributed by atoms with van der Waals surface area (Å²) in [6, 6.07) is 14.7. The first-order valence-corrected chi connectivity index (χ1v) is 15.2. The van der Waals surface area contributed by atoms with Crippen LogP contribution in [0.15, 0.2) is 59.5 Å². The average molecular weight is 589 g/mol. The van der Waals surface area contributed by atoms with E-state index in [1.165, 1.54) is 6.20 Å². The second-order valence-corrected chi connectivity index (χ2v) is 12.8. The molecule has 0 saturated heterocycles. The largest absolute Gasteiger partial charge is 0.492 e. The summed E-state index contributed by atoms with van der Waals surface area (Å²) in [5.41, 5.74) is 4.11. The molecule has 41 heavy (non-hydrogen) atoms. The van der Waals surface area contributed by atoms with Gasteiger partial charge in [0.2, 0.25) is 10.0 Å². The Labute approximate surface area is 240 Å². The third-order valence-electron chi connectivity index (χ3n) is 7.81. The lowest BCUT2D eigenvalue weighted by atomic mass is 9.97. The van der Waals surface area contributed by atoms with E-state index in [0.29, 0.717) is 53.6 Å². The van der Waals surface area contributed by atoms with Crippen LogP contribution in [0.5, 0.6) is 5.75 Å². The number of hydrogen-bond acceptors (Lipinski definition) is 6. The van der Waals surface area contributed by atoms with E-state index in [1.54, 1.807) is 16.7 Å². The minimum Gasteiger partial charge on any atom is -0.492 e. The molecule has 4 heterocycles. The van der Waals surface area contributed by atoms with Crippen molar-refractivity contribution in [1.82, 2.24) is 19.3 Å². The molecule has 3 aromatic heterocycles. The minimum absolute atomic E-state index is 0.0356. The summed E-state index contributed by atoms with van der Waals surface area (Å²) in [4.78, 5) is 34.5. The highest BCUT2D eigenvalue weighted by molar-refractivity contribution is 7.91. The molecule has 9 nitrogen and oxygen atoms in total. The zero-order chi connectivity index (χ0) is 28.5. The van der Waals surface area contributed by atoms with Crippen molar-refractivity contribution >= 4 is 49.3 Å². The van der Waals surface area contributed by atoms with Crippen LogP contribution in [0.3, 0.4) is 0 Å². The number of nitrogens with zero attached hydrogens (tertiary/aromatic N) is 2. The molecule has 1 saturated carbocycles. The fourth-order valence-electron chi connectivity index (χ4n) is 5.70. The lowest BCUT2D eigenvalue weighted by Gasteiger charge is -2.14. The van der Waals surface area contributed by atoms with Crippen molar-refractivity contribution in [2.24, 2.45) is 0 Å². The summed E-state index contributed by atoms with van der Waals surface area (Å²) in [6.45, 7) is 2.53. The molecule has 1 amide bonds. The number of halogens is 1. The molecule has 2 N–H and O–H groups in total. The number of H-pyrrole nitrogens is 1. The van der Waals surface area contributed by atoms with Crippen molar-refractivity contribution in [3.05, 3.63) is 92.6 Å². The third kappa shape index (κ3) is 4.29. The summed E-state index contributed by atoms with van der Waals surface area (Å²) >= 11 is 6.67. The van der Waals surface area contributed by atoms with Crippen LogP contribution < -0.4 is 15.0 Å². The lowest BCUT2D eigenvalue weighted by molar-refractivity contribution is 0.0974. The Balaban J connectivity index is 1.55. The first kappa shape index (κ1) is 25.8. The van der Waals surface area contributed by atoms with E-state index < -0.39 is 26.7 Å². The molecule has 0 atom stereocenters. The molecule has 11 heteroatoms. The normalized spacial score (nSPS) is 14.8. The van der Waals surface area contributed by atoms with Gasteiger partial charge in [-0.15, -0.1) is 0 Å². The molecule has 7 rings (SSSR count). The SMILES string of the molecule is Cc1cc2c(c3c1CCO3)c(-c1ccc[nH]c1=O)c(C(=O)NS(=O)(=O)C1CC1)n2Cc1cc2ccccc2nc1Cl. The second-order valence-electron chi connectivity index (χ2n) is 10.5. The van der Waals surface area contributed by atoms with Crippen LogP contribution in [0.25, 0.3) is 32.9 Å². The van der Waals surface area contributed by atoms with Crippen molar-refractivity contribution < 1.29 is 17.9 Å². The summed E-state index contributed by atoms with van der Waals surface area (Å²) < 4.78 is 36.0. The molecule has 2 aliphatic rings. The van der Waals surface area contributed by atoms with Gasteiger partial charge in [0.15, 0.2) is 0 Å². The van der Waals surface area contributed by atoms with Crippen molar-refractivity contribution in [2.75, 3.05) is 6.61 Å². The van der Waals surface area contributed by atoms with Crippen molar-refractivity contribution in [3.8, 4) is 16.9 Å². The average Bonchev–Trinajstić information content (AvgIpc) is 3.62. The predicted molar refractivity (Wildman–Crippen MR) is 157 cm³/mol. The quantitative estimate of drug-likeness (QED) is 0.277. The smallest absolute Gasteiger partial charge is 0.282 e. The Kier molecular flexibility index (Phi) is 5.95. The van der Waals surface area contributed by atoms with Gasteiger partial charge in [0.1, 0.15) is 16.6 Å². The van der Waals surface area contributed by atoms with Crippen LogP contribution in [0.2, 0.25) is 5.15 Å². The van der Waals surface area contributed by atoms with Gasteiger partial charge in [-0.1, -0.05) is 29.8 Å². The molecule has 0 radical (unpaired) electrons. The van der Waals surface area contributed by atoms with Crippen molar-refractivity contribution in [3.63, 3.8) is 0 Å². The monoisotopic (exact) mass is 588 g/mol. The number of nitrogens with one attached hydrogen (secondary N) is 2. The molecule has 1 aliphatic heterocycles. The first-order valence-electron chi connectivity index (χ1n) is 13.3. The van der Waals surface area contributed by atoms with Gasteiger partial charge >= 0.3 is 0 Å². The molecular weight excluding hydrogens is 564 g/mol. The Hall–Kier alpha value is -4.15. The number of carbonyl (C=O) groups is 1. The number of hydrogen-bond donors (Lipinski definition) is 2. The topological polar surface area (TPSA) is 123 Å². The highest BCUT2D eigenvalue weighted by Gasteiger charge is 2.39. The molecule has 208 valence electrons. The van der Waals surface area contributed by atoms with Gasteiger partial charge in [-0.2, -0.15) is 0 Å². The summed E-state index contributed by atoms with van der Waals surface area (Å²) in [5.74, 6) is -0.223. The van der Waals surface area contributed by atoms with E-state index in [2.05, 4.69) is 14.7 Å². The van der Waals surface area contributed by atoms with Crippen LogP contribution >= 0.6 is 11.6 Å². The highest BCUT2D eigenvalue weighted by atomic mass is 35.5. The number of aromatic nitrogens is 3. The van der Waals surface area contributed by atoms with Crippen LogP contribution in [-0.2, 0) is 23.0 Å². The third-order valence-corrected chi connectivity index (χ3v) is 9.96. The minimum atomic E-state index is -3.90. The molecule has 0 unspecified atom stereocenters. The molecule has 1 aliphatic carbocycles. The lowest BCUT2D eigenvalue weighted by Crippen LogP contribution is -2.35. The van der Waals surface area contributed by atoms with Crippen LogP contribution in [0.4, 0.5) is 0 Å². The van der Waals surface area contributed by atoms with Gasteiger partial charge in [0.25, 0.3) is 11.5 Å². The van der Waals surface area contributed by atoms with Gasteiger partial charge in [-0.3, -0.25) is 9.59 Å². The maximum atomic E-state index is 14.0. The number of sulfonamides is 1. The number of benzene rings is 2. The van der Waals surface area contributed by atoms with Gasteiger partial charge < -0.3 is 14.3 Å². The highest BCUT2D eigenvalue weighted by Crippen LogP contribution is 2.45. The number of carbonyl (C=O) groups excluding carboxylic acids is 1. The second kappa shape index (κ2) is 9.46. The van der Waals surface area contributed by atoms with E-state index in [1.807, 2.05) is 43.3 Å². The summed E-state index contributed by atoms with van der Waals surface area (Å²) in [5, 5.41) is 1.10. The summed E-state index contributed by atoms with van der Waals surface area (Å²) in [6.07, 6.45) is 3.18. The fraction of sp³-hybridized carbons (Fsp3) is 0.233. The van der Waals surface area contributed by atoms with Crippen molar-refractivity contribution in [1.29, 1.82) is 0 Å². The zero-order valence-electron chi connectivity index (χ0n) is 22.0. The molecule has 0 bridgehead atoms. The van der Waals surface area contributed by atoms with Gasteiger partial charge in [0.05, 0.1) is 40.4 Å². The maximum Gasteiger partial charge on any atom is 0.282 e. The number of para-hydroxylation sites is 1. The summed E-state index contributed by atoms with van der Waals surface area (Å²) in [7, 11) is -3.90. The van der Waals surface area contributed by atoms with E-state index in [4.69, 9.17) is 16.3 Å². The Morgan fingerprint density at radius 2 is 2.00 bits per heavy atom. The van der Waals surface area contributed by atoms with Gasteiger partial charge in [0, 0.05) is 34.7 Å². The van der Waals surface area contributed by atoms with E-state index in [0.717, 1.165) is 22.0 Å². The Morgan fingerprint density at radius 3 is 2.78 bits per heavy atom. The van der Waals surface area contributed by atoms with E-state index in [9.17, 15) is 18.0 Å². The standard InChI is InChI=1S/C30H25ClN4O5S/c1-16-13-23-25(27-20(16)10-12-40-27)24(21-6-4-11-32-29(21)36)26(30(37)34-41(38,39)19-8-9-19)35(23)15-18-14-17-5-2-3-7-22(17)33-28(18)31/h2-7,11,13-14,19H,8-10,12,15H2,1H3,(H,32,36)(H,34,37). The number of amides is 1. The first-order chi connectivity index (χ1) is 19.7. The van der Waals surface area contributed by atoms with Crippen molar-refractivity contribution in [2.45, 2.75) is 38.0 Å². The molecule has 5 aromatic rings. The van der Waals surface area contributed by atoms with Gasteiger partial charge in [-0.05, 0) is 55.7 Å². The van der Waals surface area contributed by atoms with Crippen LogP contribution in [0.1, 0.15) is 40.0 Å². The number of aromatic amines is 1. The van der Waals surface area contributed by atoms with E-state index >= 15 is 0 Å².